The standard InChI is InChI=1S/C16H24N2/c1-3-14(9-8-12-17)13-18-16(4-2)15-10-6-5-7-11-15/h5-7,10-11,14,16,18H,3-4,8-9,13H2,1-2H3. The molecule has 2 unspecified atom stereocenters. The van der Waals surface area contributed by atoms with E-state index in [1.165, 1.54) is 5.56 Å². The van der Waals surface area contributed by atoms with Gasteiger partial charge in [-0.3, -0.25) is 0 Å². The first-order chi connectivity index (χ1) is 8.81. The van der Waals surface area contributed by atoms with Crippen molar-refractivity contribution in [1.82, 2.24) is 5.32 Å². The molecule has 1 aromatic carbocycles. The lowest BCUT2D eigenvalue weighted by Gasteiger charge is -2.21. The van der Waals surface area contributed by atoms with Crippen LogP contribution in [0.15, 0.2) is 30.3 Å². The molecule has 0 aromatic heterocycles. The van der Waals surface area contributed by atoms with Crippen molar-refractivity contribution in [2.75, 3.05) is 6.54 Å². The zero-order chi connectivity index (χ0) is 13.2. The quantitative estimate of drug-likeness (QED) is 0.748. The number of nitrogens with one attached hydrogen (secondary N) is 1. The highest BCUT2D eigenvalue weighted by molar-refractivity contribution is 5.18. The van der Waals surface area contributed by atoms with Crippen molar-refractivity contribution in [2.45, 2.75) is 45.6 Å². The fraction of sp³-hybridized carbons (Fsp3) is 0.562. The second-order valence-corrected chi connectivity index (χ2v) is 4.75. The molecule has 0 amide bonds. The molecule has 0 bridgehead atoms. The van der Waals surface area contributed by atoms with E-state index >= 15 is 0 Å². The van der Waals surface area contributed by atoms with Crippen LogP contribution in [0.4, 0.5) is 0 Å². The molecule has 98 valence electrons. The molecule has 0 saturated carbocycles. The molecule has 0 radical (unpaired) electrons. The summed E-state index contributed by atoms with van der Waals surface area (Å²) in [7, 11) is 0. The van der Waals surface area contributed by atoms with Crippen molar-refractivity contribution in [3.63, 3.8) is 0 Å². The second kappa shape index (κ2) is 8.72. The largest absolute Gasteiger partial charge is 0.310 e. The molecule has 0 heterocycles. The number of rotatable bonds is 8. The maximum atomic E-state index is 8.64. The maximum Gasteiger partial charge on any atom is 0.0621 e. The summed E-state index contributed by atoms with van der Waals surface area (Å²) in [5.41, 5.74) is 1.36. The second-order valence-electron chi connectivity index (χ2n) is 4.75. The van der Waals surface area contributed by atoms with Crippen LogP contribution in [0.3, 0.4) is 0 Å². The van der Waals surface area contributed by atoms with Crippen molar-refractivity contribution in [2.24, 2.45) is 5.92 Å². The molecule has 0 spiro atoms. The lowest BCUT2D eigenvalue weighted by atomic mass is 9.98. The first-order valence-corrected chi connectivity index (χ1v) is 6.97. The number of nitriles is 1. The highest BCUT2D eigenvalue weighted by Crippen LogP contribution is 2.17. The Morgan fingerprint density at radius 2 is 1.89 bits per heavy atom. The summed E-state index contributed by atoms with van der Waals surface area (Å²) < 4.78 is 0. The van der Waals surface area contributed by atoms with E-state index in [1.54, 1.807) is 0 Å². The molecule has 1 aromatic rings. The normalized spacial score (nSPS) is 13.8. The van der Waals surface area contributed by atoms with E-state index in [0.29, 0.717) is 18.4 Å². The minimum absolute atomic E-state index is 0.433. The SMILES string of the molecule is CCC(CCC#N)CNC(CC)c1ccccc1. The van der Waals surface area contributed by atoms with Crippen molar-refractivity contribution in [1.29, 1.82) is 5.26 Å². The average molecular weight is 244 g/mol. The van der Waals surface area contributed by atoms with Crippen LogP contribution in [0.2, 0.25) is 0 Å². The number of hydrogen-bond acceptors (Lipinski definition) is 2. The van der Waals surface area contributed by atoms with Gasteiger partial charge in [-0.05, 0) is 30.9 Å². The van der Waals surface area contributed by atoms with E-state index in [4.69, 9.17) is 5.26 Å². The van der Waals surface area contributed by atoms with E-state index in [-0.39, 0.29) is 0 Å². The molecule has 0 fully saturated rings. The molecule has 18 heavy (non-hydrogen) atoms. The Hall–Kier alpha value is -1.33. The molecule has 0 aliphatic heterocycles. The van der Waals surface area contributed by atoms with Gasteiger partial charge in [0, 0.05) is 12.5 Å². The summed E-state index contributed by atoms with van der Waals surface area (Å²) in [6.45, 7) is 5.42. The van der Waals surface area contributed by atoms with E-state index in [2.05, 4.69) is 55.6 Å². The Kier molecular flexibility index (Phi) is 7.13. The average Bonchev–Trinajstić information content (AvgIpc) is 2.44. The number of hydrogen-bond donors (Lipinski definition) is 1. The smallest absolute Gasteiger partial charge is 0.0621 e. The zero-order valence-electron chi connectivity index (χ0n) is 11.5. The number of nitrogens with zero attached hydrogens (tertiary/aromatic N) is 1. The Morgan fingerprint density at radius 1 is 1.17 bits per heavy atom. The summed E-state index contributed by atoms with van der Waals surface area (Å²) in [5, 5.41) is 12.3. The lowest BCUT2D eigenvalue weighted by Crippen LogP contribution is -2.27. The van der Waals surface area contributed by atoms with Crippen molar-refractivity contribution < 1.29 is 0 Å². The van der Waals surface area contributed by atoms with Crippen LogP contribution >= 0.6 is 0 Å². The van der Waals surface area contributed by atoms with E-state index in [0.717, 1.165) is 25.8 Å². The molecule has 1 rings (SSSR count). The van der Waals surface area contributed by atoms with Crippen LogP contribution < -0.4 is 5.32 Å². The minimum Gasteiger partial charge on any atom is -0.310 e. The van der Waals surface area contributed by atoms with Crippen LogP contribution in [0.1, 0.15) is 51.1 Å². The van der Waals surface area contributed by atoms with Gasteiger partial charge >= 0.3 is 0 Å². The van der Waals surface area contributed by atoms with Gasteiger partial charge in [0.25, 0.3) is 0 Å². The van der Waals surface area contributed by atoms with Gasteiger partial charge < -0.3 is 5.32 Å². The first kappa shape index (κ1) is 14.7. The summed E-state index contributed by atoms with van der Waals surface area (Å²) in [4.78, 5) is 0. The maximum absolute atomic E-state index is 8.64. The van der Waals surface area contributed by atoms with Crippen LogP contribution in [0.25, 0.3) is 0 Å². The summed E-state index contributed by atoms with van der Waals surface area (Å²) in [6.07, 6.45) is 3.91. The Balaban J connectivity index is 2.46. The molecule has 2 heteroatoms. The van der Waals surface area contributed by atoms with Crippen molar-refractivity contribution in [3.8, 4) is 6.07 Å². The third-order valence-electron chi connectivity index (χ3n) is 3.50. The monoisotopic (exact) mass is 244 g/mol. The highest BCUT2D eigenvalue weighted by atomic mass is 14.9. The highest BCUT2D eigenvalue weighted by Gasteiger charge is 2.11. The third kappa shape index (κ3) is 4.89. The van der Waals surface area contributed by atoms with Gasteiger partial charge in [-0.1, -0.05) is 50.6 Å². The fourth-order valence-corrected chi connectivity index (χ4v) is 2.21. The van der Waals surface area contributed by atoms with Crippen molar-refractivity contribution in [3.05, 3.63) is 35.9 Å². The predicted molar refractivity (Wildman–Crippen MR) is 76.1 cm³/mol. The topological polar surface area (TPSA) is 35.8 Å². The van der Waals surface area contributed by atoms with Crippen LogP contribution in [-0.4, -0.2) is 6.54 Å². The molecule has 2 nitrogen and oxygen atoms in total. The van der Waals surface area contributed by atoms with Gasteiger partial charge in [-0.2, -0.15) is 5.26 Å². The minimum atomic E-state index is 0.433. The molecular formula is C16H24N2. The summed E-state index contributed by atoms with van der Waals surface area (Å²) >= 11 is 0. The van der Waals surface area contributed by atoms with Gasteiger partial charge in [-0.25, -0.2) is 0 Å². The van der Waals surface area contributed by atoms with Gasteiger partial charge in [0.15, 0.2) is 0 Å². The van der Waals surface area contributed by atoms with E-state index in [9.17, 15) is 0 Å². The third-order valence-corrected chi connectivity index (χ3v) is 3.50. The van der Waals surface area contributed by atoms with Crippen LogP contribution in [-0.2, 0) is 0 Å². The van der Waals surface area contributed by atoms with Gasteiger partial charge in [0.2, 0.25) is 0 Å². The molecule has 0 aliphatic rings. The number of benzene rings is 1. The van der Waals surface area contributed by atoms with E-state index < -0.39 is 0 Å². The van der Waals surface area contributed by atoms with E-state index in [1.807, 2.05) is 0 Å². The van der Waals surface area contributed by atoms with Crippen LogP contribution in [0, 0.1) is 17.2 Å². The Labute approximate surface area is 111 Å². The molecule has 1 N–H and O–H groups in total. The van der Waals surface area contributed by atoms with Crippen LogP contribution in [0.5, 0.6) is 0 Å². The van der Waals surface area contributed by atoms with Gasteiger partial charge in [0.1, 0.15) is 0 Å². The Bertz CT molecular complexity index is 353. The molecular weight excluding hydrogens is 220 g/mol. The molecule has 0 saturated heterocycles. The van der Waals surface area contributed by atoms with Gasteiger partial charge in [0.05, 0.1) is 6.07 Å². The Morgan fingerprint density at radius 3 is 2.44 bits per heavy atom. The zero-order valence-corrected chi connectivity index (χ0v) is 11.5. The molecule has 0 aliphatic carbocycles. The van der Waals surface area contributed by atoms with Crippen molar-refractivity contribution >= 4 is 0 Å². The first-order valence-electron chi connectivity index (χ1n) is 6.97. The predicted octanol–water partition coefficient (Wildman–Crippen LogP) is 4.06. The fourth-order valence-electron chi connectivity index (χ4n) is 2.21. The van der Waals surface area contributed by atoms with Gasteiger partial charge in [-0.15, -0.1) is 0 Å². The lowest BCUT2D eigenvalue weighted by molar-refractivity contribution is 0.398. The summed E-state index contributed by atoms with van der Waals surface area (Å²) in [6, 6.07) is 13.3. The summed E-state index contributed by atoms with van der Waals surface area (Å²) in [5.74, 6) is 0.613. The molecule has 2 atom stereocenters.